The zero-order valence-electron chi connectivity index (χ0n) is 10.6. The lowest BCUT2D eigenvalue weighted by Gasteiger charge is -2.22. The van der Waals surface area contributed by atoms with Crippen molar-refractivity contribution in [3.05, 3.63) is 35.9 Å². The molecule has 17 heavy (non-hydrogen) atoms. The predicted molar refractivity (Wildman–Crippen MR) is 71.7 cm³/mol. The summed E-state index contributed by atoms with van der Waals surface area (Å²) in [5.74, 6) is 1.40. The van der Waals surface area contributed by atoms with Crippen LogP contribution in [0.5, 0.6) is 0 Å². The number of hydrogen-bond acceptors (Lipinski definition) is 1. The molecule has 3 nitrogen and oxygen atoms in total. The van der Waals surface area contributed by atoms with E-state index in [2.05, 4.69) is 35.9 Å². The fraction of sp³-hybridized carbons (Fsp3) is 0.500. The van der Waals surface area contributed by atoms with Crippen LogP contribution in [0, 0.1) is 5.92 Å². The Hall–Kier alpha value is -1.51. The molecule has 1 aliphatic heterocycles. The van der Waals surface area contributed by atoms with Crippen LogP contribution in [0.15, 0.2) is 35.3 Å². The van der Waals surface area contributed by atoms with Gasteiger partial charge >= 0.3 is 0 Å². The molecule has 1 saturated heterocycles. The highest BCUT2D eigenvalue weighted by atomic mass is 15.3. The van der Waals surface area contributed by atoms with Crippen LogP contribution in [-0.2, 0) is 6.54 Å². The molecule has 0 amide bonds. The van der Waals surface area contributed by atoms with Crippen molar-refractivity contribution < 1.29 is 0 Å². The third-order valence-electron chi connectivity index (χ3n) is 3.34. The van der Waals surface area contributed by atoms with Crippen molar-refractivity contribution >= 4 is 5.96 Å². The van der Waals surface area contributed by atoms with Crippen LogP contribution < -0.4 is 5.73 Å². The molecule has 1 heterocycles. The Balaban J connectivity index is 1.98. The summed E-state index contributed by atoms with van der Waals surface area (Å²) in [6.07, 6.45) is 1.21. The van der Waals surface area contributed by atoms with Gasteiger partial charge < -0.3 is 10.6 Å². The molecule has 3 heteroatoms. The number of nitrogens with two attached hydrogens (primary N) is 1. The van der Waals surface area contributed by atoms with Crippen LogP contribution in [0.3, 0.4) is 0 Å². The number of nitrogens with zero attached hydrogens (tertiary/aromatic N) is 2. The second kappa shape index (κ2) is 5.21. The molecule has 1 aromatic rings. The van der Waals surface area contributed by atoms with Crippen molar-refractivity contribution in [2.75, 3.05) is 6.54 Å². The Labute approximate surface area is 103 Å². The van der Waals surface area contributed by atoms with Crippen molar-refractivity contribution in [2.45, 2.75) is 32.9 Å². The zero-order chi connectivity index (χ0) is 12.3. The highest BCUT2D eigenvalue weighted by Crippen LogP contribution is 2.21. The van der Waals surface area contributed by atoms with E-state index in [4.69, 9.17) is 5.73 Å². The number of benzene rings is 1. The molecule has 2 unspecified atom stereocenters. The van der Waals surface area contributed by atoms with Crippen LogP contribution in [0.4, 0.5) is 0 Å². The molecule has 2 atom stereocenters. The van der Waals surface area contributed by atoms with Crippen molar-refractivity contribution in [1.82, 2.24) is 4.90 Å². The number of guanidine groups is 1. The predicted octanol–water partition coefficient (Wildman–Crippen LogP) is 2.23. The van der Waals surface area contributed by atoms with E-state index in [1.807, 2.05) is 18.2 Å². The quantitative estimate of drug-likeness (QED) is 0.626. The third-order valence-corrected chi connectivity index (χ3v) is 3.34. The molecule has 0 aromatic heterocycles. The smallest absolute Gasteiger partial charge is 0.191 e. The first kappa shape index (κ1) is 12.0. The second-order valence-electron chi connectivity index (χ2n) is 5.00. The Morgan fingerprint density at radius 3 is 2.65 bits per heavy atom. The monoisotopic (exact) mass is 231 g/mol. The van der Waals surface area contributed by atoms with Gasteiger partial charge in [-0.05, 0) is 24.8 Å². The molecular formula is C14H21N3. The summed E-state index contributed by atoms with van der Waals surface area (Å²) in [4.78, 5) is 6.70. The normalized spacial score (nSPS) is 25.3. The molecule has 0 spiro atoms. The van der Waals surface area contributed by atoms with Crippen LogP contribution in [0.2, 0.25) is 0 Å². The first-order chi connectivity index (χ1) is 8.16. The van der Waals surface area contributed by atoms with Gasteiger partial charge in [-0.3, -0.25) is 0 Å². The fourth-order valence-electron chi connectivity index (χ4n) is 2.47. The van der Waals surface area contributed by atoms with E-state index in [1.165, 1.54) is 12.0 Å². The fourth-order valence-corrected chi connectivity index (χ4v) is 2.47. The van der Waals surface area contributed by atoms with Gasteiger partial charge in [0.2, 0.25) is 0 Å². The van der Waals surface area contributed by atoms with Gasteiger partial charge in [-0.15, -0.1) is 0 Å². The molecule has 1 aliphatic rings. The molecule has 0 saturated carbocycles. The average Bonchev–Trinajstić information content (AvgIpc) is 2.67. The van der Waals surface area contributed by atoms with E-state index in [1.54, 1.807) is 0 Å². The molecule has 2 N–H and O–H groups in total. The summed E-state index contributed by atoms with van der Waals surface area (Å²) in [5, 5.41) is 0. The number of hydrogen-bond donors (Lipinski definition) is 1. The van der Waals surface area contributed by atoms with Crippen molar-refractivity contribution in [3.8, 4) is 0 Å². The standard InChI is InChI=1S/C14H21N3/c1-11-8-12(2)17(10-11)14(15)16-9-13-6-4-3-5-7-13/h3-7,11-12H,8-10H2,1-2H3,(H2,15,16). The van der Waals surface area contributed by atoms with Gasteiger partial charge in [-0.1, -0.05) is 37.3 Å². The number of aliphatic imine (C=N–C) groups is 1. The highest BCUT2D eigenvalue weighted by Gasteiger charge is 2.27. The van der Waals surface area contributed by atoms with Crippen LogP contribution >= 0.6 is 0 Å². The minimum absolute atomic E-state index is 0.518. The SMILES string of the molecule is CC1CC(C)N(C(N)=NCc2ccccc2)C1. The largest absolute Gasteiger partial charge is 0.370 e. The van der Waals surface area contributed by atoms with E-state index in [0.29, 0.717) is 18.5 Å². The maximum absolute atomic E-state index is 6.06. The minimum Gasteiger partial charge on any atom is -0.370 e. The van der Waals surface area contributed by atoms with Gasteiger partial charge in [0.25, 0.3) is 0 Å². The molecule has 0 aliphatic carbocycles. The summed E-state index contributed by atoms with van der Waals surface area (Å²) in [7, 11) is 0. The Morgan fingerprint density at radius 1 is 1.35 bits per heavy atom. The lowest BCUT2D eigenvalue weighted by molar-refractivity contribution is 0.405. The average molecular weight is 231 g/mol. The lowest BCUT2D eigenvalue weighted by atomic mass is 10.1. The van der Waals surface area contributed by atoms with Crippen molar-refractivity contribution in [3.63, 3.8) is 0 Å². The van der Waals surface area contributed by atoms with Crippen LogP contribution in [0.25, 0.3) is 0 Å². The molecule has 92 valence electrons. The van der Waals surface area contributed by atoms with E-state index < -0.39 is 0 Å². The van der Waals surface area contributed by atoms with Gasteiger partial charge in [0.15, 0.2) is 5.96 Å². The summed E-state index contributed by atoms with van der Waals surface area (Å²) in [6.45, 7) is 6.19. The first-order valence-electron chi connectivity index (χ1n) is 6.27. The number of likely N-dealkylation sites (tertiary alicyclic amines) is 1. The maximum atomic E-state index is 6.06. The first-order valence-corrected chi connectivity index (χ1v) is 6.27. The van der Waals surface area contributed by atoms with E-state index in [-0.39, 0.29) is 0 Å². The third kappa shape index (κ3) is 2.99. The highest BCUT2D eigenvalue weighted by molar-refractivity contribution is 5.78. The number of rotatable bonds is 2. The summed E-state index contributed by atoms with van der Waals surface area (Å²) < 4.78 is 0. The minimum atomic E-state index is 0.518. The van der Waals surface area contributed by atoms with Crippen LogP contribution in [0.1, 0.15) is 25.8 Å². The Kier molecular flexibility index (Phi) is 3.67. The summed E-state index contributed by atoms with van der Waals surface area (Å²) >= 11 is 0. The van der Waals surface area contributed by atoms with Gasteiger partial charge in [0, 0.05) is 12.6 Å². The van der Waals surface area contributed by atoms with E-state index in [9.17, 15) is 0 Å². The zero-order valence-corrected chi connectivity index (χ0v) is 10.6. The van der Waals surface area contributed by atoms with Gasteiger partial charge in [0.05, 0.1) is 6.54 Å². The Bertz CT molecular complexity index is 386. The van der Waals surface area contributed by atoms with Gasteiger partial charge in [-0.25, -0.2) is 4.99 Å². The van der Waals surface area contributed by atoms with E-state index in [0.717, 1.165) is 12.5 Å². The van der Waals surface area contributed by atoms with Crippen molar-refractivity contribution in [2.24, 2.45) is 16.6 Å². The second-order valence-corrected chi connectivity index (χ2v) is 5.00. The summed E-state index contributed by atoms with van der Waals surface area (Å²) in [6, 6.07) is 10.7. The van der Waals surface area contributed by atoms with Gasteiger partial charge in [-0.2, -0.15) is 0 Å². The van der Waals surface area contributed by atoms with E-state index >= 15 is 0 Å². The molecule has 1 aromatic carbocycles. The molecule has 2 rings (SSSR count). The molecule has 0 bridgehead atoms. The Morgan fingerprint density at radius 2 is 2.06 bits per heavy atom. The van der Waals surface area contributed by atoms with Crippen molar-refractivity contribution in [1.29, 1.82) is 0 Å². The molecule has 0 radical (unpaired) electrons. The lowest BCUT2D eigenvalue weighted by Crippen LogP contribution is -2.39. The summed E-state index contributed by atoms with van der Waals surface area (Å²) in [5.41, 5.74) is 7.26. The molecular weight excluding hydrogens is 210 g/mol. The molecule has 1 fully saturated rings. The van der Waals surface area contributed by atoms with Crippen LogP contribution in [-0.4, -0.2) is 23.4 Å². The van der Waals surface area contributed by atoms with Gasteiger partial charge in [0.1, 0.15) is 0 Å². The topological polar surface area (TPSA) is 41.6 Å². The maximum Gasteiger partial charge on any atom is 0.191 e.